The second-order valence-corrected chi connectivity index (χ2v) is 12.9. The second-order valence-electron chi connectivity index (χ2n) is 11.4. The van der Waals surface area contributed by atoms with Gasteiger partial charge in [0.05, 0.1) is 34.9 Å². The van der Waals surface area contributed by atoms with Crippen LogP contribution in [0.4, 0.5) is 27.8 Å². The number of thioether (sulfide) groups is 1. The number of nitrogens with zero attached hydrogens (tertiary/aromatic N) is 4. The molecular formula is C30H28ClF5N4O3S. The first-order valence-electron chi connectivity index (χ1n) is 14.1. The molecular weight excluding hydrogens is 627 g/mol. The summed E-state index contributed by atoms with van der Waals surface area (Å²) in [7, 11) is 0. The maximum absolute atomic E-state index is 15.3. The van der Waals surface area contributed by atoms with E-state index in [2.05, 4.69) is 11.6 Å². The van der Waals surface area contributed by atoms with E-state index in [4.69, 9.17) is 16.3 Å². The van der Waals surface area contributed by atoms with Crippen molar-refractivity contribution in [3.05, 3.63) is 63.6 Å². The molecule has 234 valence electrons. The number of carbonyl (C=O) groups is 1. The molecule has 3 heterocycles. The maximum Gasteiger partial charge on any atom is 0.417 e. The van der Waals surface area contributed by atoms with Gasteiger partial charge in [0, 0.05) is 58.4 Å². The summed E-state index contributed by atoms with van der Waals surface area (Å²) in [6.45, 7) is 7.56. The van der Waals surface area contributed by atoms with Crippen LogP contribution in [0.1, 0.15) is 32.3 Å². The molecule has 1 aromatic heterocycles. The highest BCUT2D eigenvalue weighted by Crippen LogP contribution is 2.49. The average molecular weight is 655 g/mol. The summed E-state index contributed by atoms with van der Waals surface area (Å²) >= 11 is 6.97. The number of carbonyl (C=O) groups excluding carboxylic acids is 1. The van der Waals surface area contributed by atoms with Crippen LogP contribution < -0.4 is 10.6 Å². The number of benzene rings is 2. The number of alkyl halides is 3. The third-order valence-corrected chi connectivity index (χ3v) is 9.65. The van der Waals surface area contributed by atoms with Gasteiger partial charge in [0.15, 0.2) is 0 Å². The lowest BCUT2D eigenvalue weighted by Gasteiger charge is -2.44. The van der Waals surface area contributed by atoms with E-state index < -0.39 is 51.3 Å². The number of rotatable bonds is 5. The number of aromatic nitrogens is 2. The van der Waals surface area contributed by atoms with Crippen molar-refractivity contribution in [3.8, 4) is 11.1 Å². The van der Waals surface area contributed by atoms with E-state index in [1.165, 1.54) is 10.6 Å². The van der Waals surface area contributed by atoms with Crippen LogP contribution in [0.3, 0.4) is 0 Å². The quantitative estimate of drug-likeness (QED) is 0.183. The van der Waals surface area contributed by atoms with Crippen molar-refractivity contribution in [1.29, 1.82) is 0 Å². The van der Waals surface area contributed by atoms with Gasteiger partial charge in [0.1, 0.15) is 17.5 Å². The van der Waals surface area contributed by atoms with Crippen molar-refractivity contribution in [2.45, 2.75) is 68.6 Å². The van der Waals surface area contributed by atoms with E-state index in [1.807, 2.05) is 0 Å². The number of halogens is 6. The Kier molecular flexibility index (Phi) is 7.94. The predicted molar refractivity (Wildman–Crippen MR) is 158 cm³/mol. The van der Waals surface area contributed by atoms with E-state index in [0.29, 0.717) is 6.07 Å². The van der Waals surface area contributed by atoms with E-state index in [1.54, 1.807) is 23.6 Å². The molecule has 7 nitrogen and oxygen atoms in total. The summed E-state index contributed by atoms with van der Waals surface area (Å²) in [4.78, 5) is 33.8. The van der Waals surface area contributed by atoms with Crippen LogP contribution in [0, 0.1) is 11.6 Å². The molecule has 3 aliphatic rings. The highest BCUT2D eigenvalue weighted by atomic mass is 35.5. The Morgan fingerprint density at radius 1 is 1.09 bits per heavy atom. The molecule has 0 radical (unpaired) electrons. The minimum absolute atomic E-state index is 0.000569. The SMILES string of the molecule is C=CC(=O)N1[C@H](C)CN(c2nc(=O)n3c4c(c(-c5cc(Cl)c(F)cc5F)c(C(F)(F)F)cc24)SCC(OC2CC2)C3)C[C@@H]1C. The molecule has 2 aromatic carbocycles. The average Bonchev–Trinajstić information content (AvgIpc) is 3.79. The zero-order valence-electron chi connectivity index (χ0n) is 23.8. The molecule has 6 rings (SSSR count). The van der Waals surface area contributed by atoms with Crippen LogP contribution in [-0.2, 0) is 22.3 Å². The number of hydrogen-bond donors (Lipinski definition) is 0. The van der Waals surface area contributed by atoms with Crippen molar-refractivity contribution in [2.24, 2.45) is 0 Å². The zero-order chi connectivity index (χ0) is 31.7. The minimum atomic E-state index is -4.97. The third kappa shape index (κ3) is 5.47. The van der Waals surface area contributed by atoms with Crippen LogP contribution in [0.15, 0.2) is 40.5 Å². The number of amides is 1. The van der Waals surface area contributed by atoms with Crippen LogP contribution in [0.5, 0.6) is 0 Å². The zero-order valence-corrected chi connectivity index (χ0v) is 25.3. The summed E-state index contributed by atoms with van der Waals surface area (Å²) in [5, 5.41) is -0.495. The van der Waals surface area contributed by atoms with Crippen molar-refractivity contribution < 1.29 is 31.5 Å². The lowest BCUT2D eigenvalue weighted by atomic mass is 9.95. The van der Waals surface area contributed by atoms with Gasteiger partial charge in [-0.3, -0.25) is 9.36 Å². The van der Waals surface area contributed by atoms with E-state index in [0.717, 1.165) is 36.7 Å². The van der Waals surface area contributed by atoms with Gasteiger partial charge >= 0.3 is 11.9 Å². The lowest BCUT2D eigenvalue weighted by molar-refractivity contribution is -0.137. The summed E-state index contributed by atoms with van der Waals surface area (Å²) in [5.41, 5.74) is -2.79. The molecule has 1 saturated heterocycles. The topological polar surface area (TPSA) is 67.7 Å². The molecule has 14 heteroatoms. The van der Waals surface area contributed by atoms with Gasteiger partial charge in [0.25, 0.3) is 0 Å². The van der Waals surface area contributed by atoms with Crippen LogP contribution in [0.25, 0.3) is 22.0 Å². The molecule has 1 saturated carbocycles. The molecule has 3 aromatic rings. The number of ether oxygens (including phenoxy) is 1. The first-order valence-corrected chi connectivity index (χ1v) is 15.5. The molecule has 0 spiro atoms. The maximum atomic E-state index is 15.3. The summed E-state index contributed by atoms with van der Waals surface area (Å²) in [5.74, 6) is -2.41. The van der Waals surface area contributed by atoms with Crippen LogP contribution >= 0.6 is 23.4 Å². The molecule has 0 bridgehead atoms. The van der Waals surface area contributed by atoms with E-state index >= 15 is 4.39 Å². The monoisotopic (exact) mass is 654 g/mol. The molecule has 2 fully saturated rings. The highest BCUT2D eigenvalue weighted by Gasteiger charge is 2.41. The Morgan fingerprint density at radius 2 is 1.77 bits per heavy atom. The van der Waals surface area contributed by atoms with E-state index in [-0.39, 0.29) is 71.1 Å². The summed E-state index contributed by atoms with van der Waals surface area (Å²) < 4.78 is 81.5. The molecule has 44 heavy (non-hydrogen) atoms. The van der Waals surface area contributed by atoms with Crippen molar-refractivity contribution in [1.82, 2.24) is 14.5 Å². The molecule has 1 aliphatic carbocycles. The van der Waals surface area contributed by atoms with Crippen molar-refractivity contribution in [3.63, 3.8) is 0 Å². The van der Waals surface area contributed by atoms with Gasteiger partial charge in [-0.1, -0.05) is 18.2 Å². The first kappa shape index (κ1) is 30.8. The highest BCUT2D eigenvalue weighted by molar-refractivity contribution is 7.99. The number of anilines is 1. The smallest absolute Gasteiger partial charge is 0.372 e. The fraction of sp³-hybridized carbons (Fsp3) is 0.433. The van der Waals surface area contributed by atoms with Crippen molar-refractivity contribution in [2.75, 3.05) is 23.7 Å². The Morgan fingerprint density at radius 3 is 2.39 bits per heavy atom. The molecule has 1 amide bonds. The predicted octanol–water partition coefficient (Wildman–Crippen LogP) is 6.28. The third-order valence-electron chi connectivity index (χ3n) is 8.14. The summed E-state index contributed by atoms with van der Waals surface area (Å²) in [6.07, 6.45) is -2.61. The Balaban J connectivity index is 1.63. The largest absolute Gasteiger partial charge is 0.417 e. The Labute approximate surface area is 258 Å². The lowest BCUT2D eigenvalue weighted by Crippen LogP contribution is -2.58. The van der Waals surface area contributed by atoms with Gasteiger partial charge < -0.3 is 14.5 Å². The van der Waals surface area contributed by atoms with Crippen LogP contribution in [-0.4, -0.2) is 63.5 Å². The van der Waals surface area contributed by atoms with Gasteiger partial charge in [-0.2, -0.15) is 18.2 Å². The van der Waals surface area contributed by atoms with Gasteiger partial charge in [-0.15, -0.1) is 11.8 Å². The second kappa shape index (κ2) is 11.3. The fourth-order valence-electron chi connectivity index (χ4n) is 6.18. The van der Waals surface area contributed by atoms with Gasteiger partial charge in [-0.25, -0.2) is 13.6 Å². The Bertz CT molecular complexity index is 1730. The Hall–Kier alpha value is -3.16. The molecule has 0 N–H and O–H groups in total. The standard InChI is InChI=1S/C30H28ClF5N4O3S/c1-4-24(41)40-14(2)10-38(11-15(40)3)28-19-7-20(30(34,35)36)25(18-8-21(31)23(33)9-22(18)32)27-26(19)39(29(42)37-28)12-17(13-44-27)43-16-5-6-16/h4,7-9,14-17H,1,5-6,10-13H2,2-3H3/t14-,15+,17?. The fourth-order valence-corrected chi connectivity index (χ4v) is 7.60. The molecule has 2 aliphatic heterocycles. The molecule has 3 atom stereocenters. The minimum Gasteiger partial charge on any atom is -0.372 e. The number of hydrogen-bond acceptors (Lipinski definition) is 6. The number of piperazine rings is 1. The van der Waals surface area contributed by atoms with Crippen molar-refractivity contribution >= 4 is 46.0 Å². The van der Waals surface area contributed by atoms with E-state index in [9.17, 15) is 27.2 Å². The molecule has 1 unspecified atom stereocenters. The van der Waals surface area contributed by atoms with Crippen LogP contribution in [0.2, 0.25) is 5.02 Å². The van der Waals surface area contributed by atoms with Gasteiger partial charge in [0.2, 0.25) is 5.91 Å². The summed E-state index contributed by atoms with van der Waals surface area (Å²) in [6, 6.07) is 1.42. The normalized spacial score (nSPS) is 22.3. The van der Waals surface area contributed by atoms with Gasteiger partial charge in [-0.05, 0) is 44.9 Å². The first-order chi connectivity index (χ1) is 20.8.